The van der Waals surface area contributed by atoms with Crippen LogP contribution < -0.4 is 10.1 Å². The van der Waals surface area contributed by atoms with E-state index in [9.17, 15) is 4.79 Å². The summed E-state index contributed by atoms with van der Waals surface area (Å²) in [7, 11) is 1.50. The first kappa shape index (κ1) is 13.3. The zero-order valence-electron chi connectivity index (χ0n) is 10.5. The Balaban J connectivity index is 2.23. The van der Waals surface area contributed by atoms with Crippen LogP contribution in [-0.4, -0.2) is 23.0 Å². The van der Waals surface area contributed by atoms with Gasteiger partial charge in [-0.3, -0.25) is 4.79 Å². The molecule has 98 valence electrons. The summed E-state index contributed by atoms with van der Waals surface area (Å²) in [5.74, 6) is 0.0655. The van der Waals surface area contributed by atoms with Gasteiger partial charge in [-0.1, -0.05) is 11.6 Å². The lowest BCUT2D eigenvalue weighted by Crippen LogP contribution is -2.13. The standard InChI is InChI=1S/C13H12ClN3O2/c1-8-5-10(13(19-2)16-6-8)17-12(18)9-3-4-11(14)15-7-9/h3-7H,1-2H3,(H,17,18). The van der Waals surface area contributed by atoms with Gasteiger partial charge in [0.05, 0.1) is 12.7 Å². The third kappa shape index (κ3) is 3.20. The van der Waals surface area contributed by atoms with Gasteiger partial charge in [-0.15, -0.1) is 0 Å². The van der Waals surface area contributed by atoms with Crippen LogP contribution >= 0.6 is 11.6 Å². The molecule has 0 saturated heterocycles. The van der Waals surface area contributed by atoms with Crippen LogP contribution in [0, 0.1) is 6.92 Å². The number of hydrogen-bond acceptors (Lipinski definition) is 4. The van der Waals surface area contributed by atoms with Gasteiger partial charge in [-0.2, -0.15) is 0 Å². The van der Waals surface area contributed by atoms with Crippen LogP contribution in [0.5, 0.6) is 5.88 Å². The lowest BCUT2D eigenvalue weighted by atomic mass is 10.2. The number of carbonyl (C=O) groups excluding carboxylic acids is 1. The van der Waals surface area contributed by atoms with Gasteiger partial charge >= 0.3 is 0 Å². The van der Waals surface area contributed by atoms with Crippen LogP contribution in [-0.2, 0) is 0 Å². The monoisotopic (exact) mass is 277 g/mol. The number of amides is 1. The molecule has 0 atom stereocenters. The summed E-state index contributed by atoms with van der Waals surface area (Å²) in [5, 5.41) is 3.07. The number of ether oxygens (including phenoxy) is 1. The van der Waals surface area contributed by atoms with Crippen LogP contribution in [0.4, 0.5) is 5.69 Å². The Kier molecular flexibility index (Phi) is 3.97. The lowest BCUT2D eigenvalue weighted by Gasteiger charge is -2.09. The quantitative estimate of drug-likeness (QED) is 0.876. The van der Waals surface area contributed by atoms with Crippen molar-refractivity contribution in [1.82, 2.24) is 9.97 Å². The zero-order chi connectivity index (χ0) is 13.8. The molecule has 5 nitrogen and oxygen atoms in total. The first-order chi connectivity index (χ1) is 9.10. The van der Waals surface area contributed by atoms with E-state index >= 15 is 0 Å². The summed E-state index contributed by atoms with van der Waals surface area (Å²) in [6.07, 6.45) is 3.08. The SMILES string of the molecule is COc1ncc(C)cc1NC(=O)c1ccc(Cl)nc1. The summed E-state index contributed by atoms with van der Waals surface area (Å²) >= 11 is 5.67. The van der Waals surface area contributed by atoms with Crippen molar-refractivity contribution in [2.45, 2.75) is 6.92 Å². The van der Waals surface area contributed by atoms with Crippen molar-refractivity contribution in [2.24, 2.45) is 0 Å². The maximum absolute atomic E-state index is 12.0. The van der Waals surface area contributed by atoms with Crippen molar-refractivity contribution >= 4 is 23.2 Å². The van der Waals surface area contributed by atoms with E-state index in [1.807, 2.05) is 6.92 Å². The minimum absolute atomic E-state index is 0.296. The molecule has 0 aliphatic heterocycles. The molecule has 0 aromatic carbocycles. The Morgan fingerprint density at radius 3 is 2.74 bits per heavy atom. The van der Waals surface area contributed by atoms with Gasteiger partial charge < -0.3 is 10.1 Å². The summed E-state index contributed by atoms with van der Waals surface area (Å²) < 4.78 is 5.09. The van der Waals surface area contributed by atoms with Crippen LogP contribution in [0.3, 0.4) is 0 Å². The van der Waals surface area contributed by atoms with Gasteiger partial charge in [0.25, 0.3) is 5.91 Å². The van der Waals surface area contributed by atoms with E-state index in [1.54, 1.807) is 24.4 Å². The molecule has 0 fully saturated rings. The molecule has 2 heterocycles. The molecule has 0 bridgehead atoms. The summed E-state index contributed by atoms with van der Waals surface area (Å²) in [5.41, 5.74) is 1.85. The summed E-state index contributed by atoms with van der Waals surface area (Å²) in [4.78, 5) is 20.0. The van der Waals surface area contributed by atoms with E-state index in [0.717, 1.165) is 5.56 Å². The van der Waals surface area contributed by atoms with Crippen molar-refractivity contribution < 1.29 is 9.53 Å². The van der Waals surface area contributed by atoms with Crippen molar-refractivity contribution in [3.8, 4) is 5.88 Å². The normalized spacial score (nSPS) is 10.1. The smallest absolute Gasteiger partial charge is 0.257 e. The Morgan fingerprint density at radius 2 is 2.11 bits per heavy atom. The second kappa shape index (κ2) is 5.67. The number of anilines is 1. The van der Waals surface area contributed by atoms with Crippen LogP contribution in [0.25, 0.3) is 0 Å². The molecule has 19 heavy (non-hydrogen) atoms. The van der Waals surface area contributed by atoms with Gasteiger partial charge in [-0.25, -0.2) is 9.97 Å². The van der Waals surface area contributed by atoms with Crippen molar-refractivity contribution in [3.63, 3.8) is 0 Å². The molecule has 6 heteroatoms. The number of nitrogens with zero attached hydrogens (tertiary/aromatic N) is 2. The largest absolute Gasteiger partial charge is 0.480 e. The number of hydrogen-bond donors (Lipinski definition) is 1. The fourth-order valence-corrected chi connectivity index (χ4v) is 1.63. The summed E-state index contributed by atoms with van der Waals surface area (Å²) in [6, 6.07) is 4.94. The average Bonchev–Trinajstić information content (AvgIpc) is 2.39. The fourth-order valence-electron chi connectivity index (χ4n) is 1.51. The predicted octanol–water partition coefficient (Wildman–Crippen LogP) is 2.70. The van der Waals surface area contributed by atoms with E-state index < -0.39 is 0 Å². The van der Waals surface area contributed by atoms with E-state index in [2.05, 4.69) is 15.3 Å². The van der Waals surface area contributed by atoms with Gasteiger partial charge in [0.15, 0.2) is 0 Å². The van der Waals surface area contributed by atoms with Gasteiger partial charge in [-0.05, 0) is 30.7 Å². The predicted molar refractivity (Wildman–Crippen MR) is 72.7 cm³/mol. The van der Waals surface area contributed by atoms with E-state index in [0.29, 0.717) is 22.3 Å². The highest BCUT2D eigenvalue weighted by molar-refractivity contribution is 6.29. The van der Waals surface area contributed by atoms with E-state index in [1.165, 1.54) is 13.3 Å². The molecule has 0 unspecified atom stereocenters. The average molecular weight is 278 g/mol. The topological polar surface area (TPSA) is 64.1 Å². The van der Waals surface area contributed by atoms with E-state index in [-0.39, 0.29) is 5.91 Å². The van der Waals surface area contributed by atoms with E-state index in [4.69, 9.17) is 16.3 Å². The number of pyridine rings is 2. The third-order valence-electron chi connectivity index (χ3n) is 2.42. The second-order valence-electron chi connectivity index (χ2n) is 3.89. The van der Waals surface area contributed by atoms with Gasteiger partial charge in [0, 0.05) is 12.4 Å². The number of rotatable bonds is 3. The first-order valence-electron chi connectivity index (χ1n) is 5.53. The van der Waals surface area contributed by atoms with Crippen LogP contribution in [0.1, 0.15) is 15.9 Å². The lowest BCUT2D eigenvalue weighted by molar-refractivity contribution is 0.102. The molecule has 2 aromatic heterocycles. The molecule has 0 aliphatic rings. The van der Waals surface area contributed by atoms with Crippen molar-refractivity contribution in [2.75, 3.05) is 12.4 Å². The molecule has 1 amide bonds. The van der Waals surface area contributed by atoms with Crippen molar-refractivity contribution in [3.05, 3.63) is 46.9 Å². The van der Waals surface area contributed by atoms with Crippen molar-refractivity contribution in [1.29, 1.82) is 0 Å². The maximum atomic E-state index is 12.0. The highest BCUT2D eigenvalue weighted by Crippen LogP contribution is 2.22. The first-order valence-corrected chi connectivity index (χ1v) is 5.91. The molecule has 2 rings (SSSR count). The highest BCUT2D eigenvalue weighted by atomic mass is 35.5. The second-order valence-corrected chi connectivity index (χ2v) is 4.28. The Bertz CT molecular complexity index is 599. The molecule has 2 aromatic rings. The summed E-state index contributed by atoms with van der Waals surface area (Å²) in [6.45, 7) is 1.88. The molecule has 0 spiro atoms. The maximum Gasteiger partial charge on any atom is 0.257 e. The van der Waals surface area contributed by atoms with Crippen LogP contribution in [0.2, 0.25) is 5.15 Å². The fraction of sp³-hybridized carbons (Fsp3) is 0.154. The number of aryl methyl sites for hydroxylation is 1. The molecule has 1 N–H and O–H groups in total. The number of methoxy groups -OCH3 is 1. The Labute approximate surface area is 115 Å². The minimum atomic E-state index is -0.296. The molecule has 0 saturated carbocycles. The molecule has 0 aliphatic carbocycles. The number of aromatic nitrogens is 2. The molecule has 0 radical (unpaired) electrons. The van der Waals surface area contributed by atoms with Crippen LogP contribution in [0.15, 0.2) is 30.6 Å². The Hall–Kier alpha value is -2.14. The Morgan fingerprint density at radius 1 is 1.32 bits per heavy atom. The highest BCUT2D eigenvalue weighted by Gasteiger charge is 2.11. The third-order valence-corrected chi connectivity index (χ3v) is 2.64. The molecular formula is C13H12ClN3O2. The zero-order valence-corrected chi connectivity index (χ0v) is 11.2. The molecular weight excluding hydrogens is 266 g/mol. The number of nitrogens with one attached hydrogen (secondary N) is 1. The number of carbonyl (C=O) groups is 1. The van der Waals surface area contributed by atoms with Gasteiger partial charge in [0.1, 0.15) is 10.8 Å². The number of halogens is 1. The van der Waals surface area contributed by atoms with Gasteiger partial charge in [0.2, 0.25) is 5.88 Å². The minimum Gasteiger partial charge on any atom is -0.480 e.